The van der Waals surface area contributed by atoms with Crippen molar-refractivity contribution in [3.8, 4) is 0 Å². The van der Waals surface area contributed by atoms with Gasteiger partial charge in [-0.2, -0.15) is 0 Å². The van der Waals surface area contributed by atoms with E-state index in [2.05, 4.69) is 43.4 Å². The minimum atomic E-state index is 0.0857. The monoisotopic (exact) mass is 286 g/mol. The van der Waals surface area contributed by atoms with Crippen molar-refractivity contribution in [1.82, 2.24) is 5.32 Å². The molecule has 3 N–H and O–H groups in total. The van der Waals surface area contributed by atoms with Crippen LogP contribution in [-0.4, -0.2) is 19.0 Å². The van der Waals surface area contributed by atoms with Crippen LogP contribution in [0.25, 0.3) is 0 Å². The molecule has 114 valence electrons. The van der Waals surface area contributed by atoms with Gasteiger partial charge in [0.25, 0.3) is 0 Å². The third-order valence-corrected chi connectivity index (χ3v) is 5.19. The van der Waals surface area contributed by atoms with Gasteiger partial charge in [-0.15, -0.1) is 0 Å². The van der Waals surface area contributed by atoms with Gasteiger partial charge in [-0.05, 0) is 54.2 Å². The normalized spacial score (nSPS) is 26.7. The van der Waals surface area contributed by atoms with Crippen LogP contribution in [0.4, 0.5) is 0 Å². The first kappa shape index (κ1) is 14.6. The van der Waals surface area contributed by atoms with Crippen LogP contribution in [0.1, 0.15) is 43.7 Å². The number of nitrogens with one attached hydrogen (secondary N) is 1. The minimum absolute atomic E-state index is 0.0857. The number of carbonyl (C=O) groups excluding carboxylic acids is 1. The zero-order valence-corrected chi connectivity index (χ0v) is 13.1. The Morgan fingerprint density at radius 3 is 2.90 bits per heavy atom. The van der Waals surface area contributed by atoms with Gasteiger partial charge in [0.2, 0.25) is 5.91 Å². The predicted molar refractivity (Wildman–Crippen MR) is 84.9 cm³/mol. The van der Waals surface area contributed by atoms with Gasteiger partial charge >= 0.3 is 0 Å². The summed E-state index contributed by atoms with van der Waals surface area (Å²) in [7, 11) is 0. The summed E-state index contributed by atoms with van der Waals surface area (Å²) in [5, 5.41) is 3.16. The average Bonchev–Trinajstić information content (AvgIpc) is 3.20. The van der Waals surface area contributed by atoms with E-state index in [4.69, 9.17) is 5.73 Å². The van der Waals surface area contributed by atoms with Gasteiger partial charge in [-0.1, -0.05) is 38.1 Å². The summed E-state index contributed by atoms with van der Waals surface area (Å²) in [6.45, 7) is 5.72. The summed E-state index contributed by atoms with van der Waals surface area (Å²) < 4.78 is 0. The maximum absolute atomic E-state index is 12.5. The standard InChI is InChI=1S/C18H26N2O/c1-18(2,9-10-19)11-20-17(21)16-14-8-7-12-5-3-4-6-13(12)15(14)16/h3-6,14-16H,7-11,19H2,1-2H3,(H,20,21). The highest BCUT2D eigenvalue weighted by molar-refractivity contribution is 5.84. The molecule has 0 aromatic heterocycles. The number of carbonyl (C=O) groups is 1. The lowest BCUT2D eigenvalue weighted by atomic mass is 9.89. The summed E-state index contributed by atoms with van der Waals surface area (Å²) in [5.74, 6) is 1.47. The molecule has 3 unspecified atom stereocenters. The lowest BCUT2D eigenvalue weighted by molar-refractivity contribution is -0.123. The van der Waals surface area contributed by atoms with Crippen molar-refractivity contribution < 1.29 is 4.79 Å². The van der Waals surface area contributed by atoms with E-state index >= 15 is 0 Å². The molecule has 3 nitrogen and oxygen atoms in total. The molecule has 3 atom stereocenters. The smallest absolute Gasteiger partial charge is 0.224 e. The Bertz CT molecular complexity index is 538. The first-order valence-corrected chi connectivity index (χ1v) is 8.09. The van der Waals surface area contributed by atoms with Crippen LogP contribution in [0.5, 0.6) is 0 Å². The van der Waals surface area contributed by atoms with Crippen LogP contribution in [-0.2, 0) is 11.2 Å². The van der Waals surface area contributed by atoms with E-state index in [1.807, 2.05) is 0 Å². The molecule has 0 heterocycles. The molecule has 3 heteroatoms. The Hall–Kier alpha value is -1.35. The molecule has 1 saturated carbocycles. The molecule has 0 radical (unpaired) electrons. The number of rotatable bonds is 5. The maximum Gasteiger partial charge on any atom is 0.224 e. The molecule has 3 rings (SSSR count). The summed E-state index contributed by atoms with van der Waals surface area (Å²) in [6.07, 6.45) is 3.22. The molecular weight excluding hydrogens is 260 g/mol. The second-order valence-corrected chi connectivity index (χ2v) is 7.37. The van der Waals surface area contributed by atoms with Crippen LogP contribution < -0.4 is 11.1 Å². The quantitative estimate of drug-likeness (QED) is 0.873. The van der Waals surface area contributed by atoms with Crippen LogP contribution in [0, 0.1) is 17.3 Å². The second-order valence-electron chi connectivity index (χ2n) is 7.37. The first-order chi connectivity index (χ1) is 10.0. The van der Waals surface area contributed by atoms with Crippen molar-refractivity contribution in [3.63, 3.8) is 0 Å². The topological polar surface area (TPSA) is 55.1 Å². The van der Waals surface area contributed by atoms with Crippen molar-refractivity contribution >= 4 is 5.91 Å². The molecule has 1 amide bonds. The number of aryl methyl sites for hydroxylation is 1. The van der Waals surface area contributed by atoms with Gasteiger partial charge < -0.3 is 11.1 Å². The minimum Gasteiger partial charge on any atom is -0.355 e. The van der Waals surface area contributed by atoms with Crippen molar-refractivity contribution in [2.24, 2.45) is 23.0 Å². The van der Waals surface area contributed by atoms with Crippen molar-refractivity contribution in [2.45, 2.75) is 39.0 Å². The number of hydrogen-bond acceptors (Lipinski definition) is 2. The largest absolute Gasteiger partial charge is 0.355 e. The first-order valence-electron chi connectivity index (χ1n) is 8.09. The van der Waals surface area contributed by atoms with Crippen molar-refractivity contribution in [2.75, 3.05) is 13.1 Å². The molecule has 1 fully saturated rings. The zero-order valence-electron chi connectivity index (χ0n) is 13.1. The van der Waals surface area contributed by atoms with Crippen LogP contribution in [0.3, 0.4) is 0 Å². The molecule has 21 heavy (non-hydrogen) atoms. The second kappa shape index (κ2) is 5.45. The number of nitrogens with two attached hydrogens (primary N) is 1. The molecule has 1 aromatic rings. The number of amides is 1. The molecule has 0 saturated heterocycles. The van der Waals surface area contributed by atoms with Crippen LogP contribution in [0.15, 0.2) is 24.3 Å². The number of fused-ring (bicyclic) bond motifs is 3. The van der Waals surface area contributed by atoms with Crippen LogP contribution in [0.2, 0.25) is 0 Å². The summed E-state index contributed by atoms with van der Waals surface area (Å²) in [5.41, 5.74) is 8.57. The third kappa shape index (κ3) is 2.84. The predicted octanol–water partition coefficient (Wildman–Crippen LogP) is 2.45. The van der Waals surface area contributed by atoms with Crippen molar-refractivity contribution in [3.05, 3.63) is 35.4 Å². The van der Waals surface area contributed by atoms with E-state index in [1.54, 1.807) is 0 Å². The van der Waals surface area contributed by atoms with E-state index in [0.29, 0.717) is 18.4 Å². The lowest BCUT2D eigenvalue weighted by Crippen LogP contribution is -2.36. The summed E-state index contributed by atoms with van der Waals surface area (Å²) >= 11 is 0. The molecule has 0 bridgehead atoms. The third-order valence-electron chi connectivity index (χ3n) is 5.19. The Labute approximate surface area is 127 Å². The van der Waals surface area contributed by atoms with E-state index < -0.39 is 0 Å². The highest BCUT2D eigenvalue weighted by atomic mass is 16.2. The van der Waals surface area contributed by atoms with Gasteiger partial charge in [0.1, 0.15) is 0 Å². The van der Waals surface area contributed by atoms with Gasteiger partial charge in [0.05, 0.1) is 0 Å². The van der Waals surface area contributed by atoms with Gasteiger partial charge in [0.15, 0.2) is 0 Å². The van der Waals surface area contributed by atoms with Gasteiger partial charge in [0, 0.05) is 12.5 Å². The number of hydrogen-bond donors (Lipinski definition) is 2. The van der Waals surface area contributed by atoms with Crippen LogP contribution >= 0.6 is 0 Å². The van der Waals surface area contributed by atoms with E-state index in [1.165, 1.54) is 11.1 Å². The molecule has 0 aliphatic heterocycles. The molecule has 2 aliphatic rings. The fraction of sp³-hybridized carbons (Fsp3) is 0.611. The zero-order chi connectivity index (χ0) is 15.0. The highest BCUT2D eigenvalue weighted by Crippen LogP contribution is 2.59. The van der Waals surface area contributed by atoms with E-state index in [9.17, 15) is 4.79 Å². The fourth-order valence-corrected chi connectivity index (χ4v) is 3.85. The summed E-state index contributed by atoms with van der Waals surface area (Å²) in [6, 6.07) is 8.62. The molecule has 1 aromatic carbocycles. The van der Waals surface area contributed by atoms with E-state index in [-0.39, 0.29) is 17.2 Å². The SMILES string of the molecule is CC(C)(CCN)CNC(=O)C1C2CCc3ccccc3C21. The fourth-order valence-electron chi connectivity index (χ4n) is 3.85. The van der Waals surface area contributed by atoms with E-state index in [0.717, 1.165) is 25.8 Å². The Balaban J connectivity index is 1.62. The lowest BCUT2D eigenvalue weighted by Gasteiger charge is -2.24. The molecule has 2 aliphatic carbocycles. The van der Waals surface area contributed by atoms with Gasteiger partial charge in [-0.3, -0.25) is 4.79 Å². The van der Waals surface area contributed by atoms with Crippen molar-refractivity contribution in [1.29, 1.82) is 0 Å². The Morgan fingerprint density at radius 1 is 1.38 bits per heavy atom. The Morgan fingerprint density at radius 2 is 2.14 bits per heavy atom. The highest BCUT2D eigenvalue weighted by Gasteiger charge is 2.56. The van der Waals surface area contributed by atoms with Gasteiger partial charge in [-0.25, -0.2) is 0 Å². The maximum atomic E-state index is 12.5. The molecular formula is C18H26N2O. The Kier molecular flexibility index (Phi) is 3.78. The molecule has 0 spiro atoms. The summed E-state index contributed by atoms with van der Waals surface area (Å²) in [4.78, 5) is 12.5. The number of benzene rings is 1. The average molecular weight is 286 g/mol.